The molecule has 43 heavy (non-hydrogen) atoms. The van der Waals surface area contributed by atoms with Gasteiger partial charge < -0.3 is 24.6 Å². The number of rotatable bonds is 21. The molecule has 0 saturated carbocycles. The van der Waals surface area contributed by atoms with E-state index in [2.05, 4.69) is 0 Å². The van der Waals surface area contributed by atoms with Crippen molar-refractivity contribution in [2.45, 2.75) is 76.8 Å². The van der Waals surface area contributed by atoms with Crippen LogP contribution in [0.2, 0.25) is 0 Å². The molecule has 0 bridgehead atoms. The quantitative estimate of drug-likeness (QED) is 0.0783. The van der Waals surface area contributed by atoms with Gasteiger partial charge in [0.2, 0.25) is 10.0 Å². The van der Waals surface area contributed by atoms with Crippen molar-refractivity contribution in [3.05, 3.63) is 64.2 Å². The summed E-state index contributed by atoms with van der Waals surface area (Å²) in [6.07, 6.45) is 1.93. The highest BCUT2D eigenvalue weighted by molar-refractivity contribution is 7.89. The number of unbranched alkanes of at least 4 members (excludes halogenated alkanes) is 2. The molecule has 3 N–H and O–H groups in total. The molecule has 2 atom stereocenters. The highest BCUT2D eigenvalue weighted by atomic mass is 32.2. The van der Waals surface area contributed by atoms with Crippen molar-refractivity contribution >= 4 is 23.3 Å². The standard InChI is InChI=1S/C29H46N3O9PS/c1-5-7-17-40-42(36,41-18-8-6-2)22-39-26-13-15-27(16-14-26)43(37,38)31(20-23(3)4)21-29(33)28(30)19-24-9-11-25(12-10-24)32(34)35/h9-16,23,28-29,33H,5-8,17-22,30H2,1-4H3/t28-,29+/m0/s1. The van der Waals surface area contributed by atoms with E-state index in [0.29, 0.717) is 11.3 Å². The Morgan fingerprint density at radius 3 is 2.02 bits per heavy atom. The Labute approximate surface area is 255 Å². The van der Waals surface area contributed by atoms with Crippen molar-refractivity contribution < 1.29 is 36.8 Å². The van der Waals surface area contributed by atoms with Crippen LogP contribution in [0.5, 0.6) is 5.75 Å². The van der Waals surface area contributed by atoms with Gasteiger partial charge in [-0.1, -0.05) is 52.7 Å². The molecule has 0 aromatic heterocycles. The third-order valence-corrected chi connectivity index (χ3v) is 9.94. The molecule has 0 aliphatic rings. The minimum absolute atomic E-state index is 0.00165. The summed E-state index contributed by atoms with van der Waals surface area (Å²) in [6, 6.07) is 10.7. The molecule has 0 aliphatic heterocycles. The van der Waals surface area contributed by atoms with E-state index in [1.807, 2.05) is 27.7 Å². The van der Waals surface area contributed by atoms with E-state index in [-0.39, 0.29) is 55.6 Å². The van der Waals surface area contributed by atoms with Gasteiger partial charge in [0.05, 0.1) is 29.1 Å². The van der Waals surface area contributed by atoms with Gasteiger partial charge in [0.25, 0.3) is 5.69 Å². The first-order valence-corrected chi connectivity index (χ1v) is 17.8. The normalized spacial score (nSPS) is 13.8. The minimum atomic E-state index is -4.02. The van der Waals surface area contributed by atoms with Crippen molar-refractivity contribution in [2.24, 2.45) is 11.7 Å². The van der Waals surface area contributed by atoms with Crippen LogP contribution in [-0.4, -0.2) is 67.5 Å². The number of sulfonamides is 1. The molecule has 242 valence electrons. The molecule has 12 nitrogen and oxygen atoms in total. The summed E-state index contributed by atoms with van der Waals surface area (Å²) in [5.41, 5.74) is 6.83. The van der Waals surface area contributed by atoms with Crippen molar-refractivity contribution in [1.29, 1.82) is 0 Å². The molecule has 0 radical (unpaired) electrons. The number of aliphatic hydroxyl groups is 1. The fourth-order valence-electron chi connectivity index (χ4n) is 4.00. The second kappa shape index (κ2) is 17.8. The van der Waals surface area contributed by atoms with E-state index < -0.39 is 34.7 Å². The molecule has 2 aromatic rings. The average molecular weight is 644 g/mol. The summed E-state index contributed by atoms with van der Waals surface area (Å²) < 4.78 is 58.3. The number of non-ortho nitro benzene ring substituents is 1. The van der Waals surface area contributed by atoms with E-state index in [0.717, 1.165) is 25.7 Å². The number of nitrogens with zero attached hydrogens (tertiary/aromatic N) is 2. The maximum Gasteiger partial charge on any atom is 0.367 e. The molecule has 0 saturated heterocycles. The van der Waals surface area contributed by atoms with Crippen LogP contribution in [0, 0.1) is 16.0 Å². The van der Waals surface area contributed by atoms with Gasteiger partial charge in [-0.3, -0.25) is 14.7 Å². The molecule has 0 heterocycles. The van der Waals surface area contributed by atoms with Gasteiger partial charge >= 0.3 is 7.60 Å². The molecule has 2 aromatic carbocycles. The number of hydrogen-bond donors (Lipinski definition) is 2. The maximum atomic E-state index is 13.6. The van der Waals surface area contributed by atoms with Crippen LogP contribution < -0.4 is 10.5 Å². The lowest BCUT2D eigenvalue weighted by Crippen LogP contribution is -2.47. The molecule has 2 rings (SSSR count). The van der Waals surface area contributed by atoms with Crippen molar-refractivity contribution in [1.82, 2.24) is 4.31 Å². The Hall–Kier alpha value is -2.38. The first kappa shape index (κ1) is 36.8. The van der Waals surface area contributed by atoms with Crippen LogP contribution in [0.4, 0.5) is 5.69 Å². The predicted molar refractivity (Wildman–Crippen MR) is 166 cm³/mol. The first-order valence-electron chi connectivity index (χ1n) is 14.6. The second-order valence-electron chi connectivity index (χ2n) is 10.8. The molecular formula is C29H46N3O9PS. The number of aliphatic hydroxyl groups excluding tert-OH is 1. The Morgan fingerprint density at radius 2 is 1.53 bits per heavy atom. The fourth-order valence-corrected chi connectivity index (χ4v) is 6.97. The molecule has 0 aliphatic carbocycles. The summed E-state index contributed by atoms with van der Waals surface area (Å²) in [5, 5.41) is 21.7. The second-order valence-corrected chi connectivity index (χ2v) is 14.7. The van der Waals surface area contributed by atoms with Gasteiger partial charge in [-0.2, -0.15) is 4.31 Å². The number of nitro benzene ring substituents is 1. The Balaban J connectivity index is 2.11. The van der Waals surface area contributed by atoms with Crippen molar-refractivity contribution in [3.8, 4) is 5.75 Å². The third-order valence-electron chi connectivity index (χ3n) is 6.49. The number of nitro groups is 1. The summed E-state index contributed by atoms with van der Waals surface area (Å²) >= 11 is 0. The number of benzene rings is 2. The number of nitrogens with two attached hydrogens (primary N) is 1. The van der Waals surface area contributed by atoms with Crippen LogP contribution in [0.1, 0.15) is 58.9 Å². The predicted octanol–water partition coefficient (Wildman–Crippen LogP) is 5.34. The van der Waals surface area contributed by atoms with Gasteiger partial charge in [0.1, 0.15) is 5.75 Å². The lowest BCUT2D eigenvalue weighted by molar-refractivity contribution is -0.384. The number of hydrogen-bond acceptors (Lipinski definition) is 10. The lowest BCUT2D eigenvalue weighted by Gasteiger charge is -2.28. The average Bonchev–Trinajstić information content (AvgIpc) is 2.96. The van der Waals surface area contributed by atoms with Crippen LogP contribution in [0.15, 0.2) is 53.4 Å². The summed E-state index contributed by atoms with van der Waals surface area (Å²) in [7, 11) is -7.52. The Bertz CT molecular complexity index is 1260. The van der Waals surface area contributed by atoms with Gasteiger partial charge in [-0.15, -0.1) is 0 Å². The highest BCUT2D eigenvalue weighted by Gasteiger charge is 2.30. The van der Waals surface area contributed by atoms with Gasteiger partial charge in [0.15, 0.2) is 6.35 Å². The highest BCUT2D eigenvalue weighted by Crippen LogP contribution is 2.48. The fraction of sp³-hybridized carbons (Fsp3) is 0.586. The molecule has 0 amide bonds. The van der Waals surface area contributed by atoms with E-state index in [1.165, 1.54) is 40.7 Å². The summed E-state index contributed by atoms with van der Waals surface area (Å²) in [6.45, 7) is 8.22. The van der Waals surface area contributed by atoms with E-state index >= 15 is 0 Å². The topological polar surface area (TPSA) is 172 Å². The first-order chi connectivity index (χ1) is 20.3. The summed E-state index contributed by atoms with van der Waals surface area (Å²) in [4.78, 5) is 10.4. The smallest absolute Gasteiger partial charge is 0.367 e. The van der Waals surface area contributed by atoms with E-state index in [1.54, 1.807) is 12.1 Å². The molecule has 14 heteroatoms. The van der Waals surface area contributed by atoms with Crippen molar-refractivity contribution in [3.63, 3.8) is 0 Å². The van der Waals surface area contributed by atoms with Gasteiger partial charge in [-0.25, -0.2) is 8.42 Å². The van der Waals surface area contributed by atoms with E-state index in [4.69, 9.17) is 19.5 Å². The molecule has 0 spiro atoms. The van der Waals surface area contributed by atoms with Crippen LogP contribution >= 0.6 is 7.60 Å². The Kier molecular flexibility index (Phi) is 15.2. The van der Waals surface area contributed by atoms with Crippen LogP contribution in [0.25, 0.3) is 0 Å². The van der Waals surface area contributed by atoms with Gasteiger partial charge in [-0.05, 0) is 55.0 Å². The minimum Gasteiger partial charge on any atom is -0.481 e. The Morgan fingerprint density at radius 1 is 0.977 bits per heavy atom. The van der Waals surface area contributed by atoms with Crippen molar-refractivity contribution in [2.75, 3.05) is 32.7 Å². The van der Waals surface area contributed by atoms with Crippen LogP contribution in [0.3, 0.4) is 0 Å². The summed E-state index contributed by atoms with van der Waals surface area (Å²) in [5.74, 6) is 0.267. The zero-order valence-corrected chi connectivity index (χ0v) is 27.2. The van der Waals surface area contributed by atoms with Crippen LogP contribution in [-0.2, 0) is 30.1 Å². The SMILES string of the molecule is CCCCOP(=O)(COc1ccc(S(=O)(=O)N(CC(C)C)C[C@@H](O)[C@@H](N)Cc2ccc([N+](=O)[O-])cc2)cc1)OCCCC. The lowest BCUT2D eigenvalue weighted by atomic mass is 10.0. The molecular weight excluding hydrogens is 597 g/mol. The number of ether oxygens (including phenoxy) is 1. The van der Waals surface area contributed by atoms with E-state index in [9.17, 15) is 28.2 Å². The molecule has 0 unspecified atom stereocenters. The third kappa shape index (κ3) is 12.3. The largest absolute Gasteiger partial charge is 0.481 e. The zero-order valence-electron chi connectivity index (χ0n) is 25.5. The van der Waals surface area contributed by atoms with Gasteiger partial charge in [0, 0.05) is 31.3 Å². The zero-order chi connectivity index (χ0) is 32.0. The monoisotopic (exact) mass is 643 g/mol. The molecule has 0 fully saturated rings. The maximum absolute atomic E-state index is 13.6.